The van der Waals surface area contributed by atoms with Crippen molar-refractivity contribution in [2.45, 2.75) is 83.7 Å². The molecule has 128 valence electrons. The van der Waals surface area contributed by atoms with Gasteiger partial charge in [-0.1, -0.05) is 25.5 Å². The molecule has 0 saturated carbocycles. The molecule has 1 saturated heterocycles. The Bertz CT molecular complexity index is 552. The van der Waals surface area contributed by atoms with E-state index < -0.39 is 38.4 Å². The van der Waals surface area contributed by atoms with Crippen molar-refractivity contribution < 1.29 is 17.9 Å². The Labute approximate surface area is 134 Å². The molecule has 3 atom stereocenters. The first kappa shape index (κ1) is 19.2. The summed E-state index contributed by atoms with van der Waals surface area (Å²) in [4.78, 5) is 12.4. The minimum absolute atomic E-state index is 0.473. The van der Waals surface area contributed by atoms with E-state index in [0.29, 0.717) is 6.42 Å². The van der Waals surface area contributed by atoms with E-state index >= 15 is 0 Å². The van der Waals surface area contributed by atoms with E-state index in [-0.39, 0.29) is 0 Å². The summed E-state index contributed by atoms with van der Waals surface area (Å²) >= 11 is 0. The van der Waals surface area contributed by atoms with Gasteiger partial charge in [0.2, 0.25) is 10.0 Å². The predicted molar refractivity (Wildman–Crippen MR) is 88.0 cm³/mol. The van der Waals surface area contributed by atoms with E-state index in [0.717, 1.165) is 12.0 Å². The van der Waals surface area contributed by atoms with Gasteiger partial charge in [-0.25, -0.2) is 8.42 Å². The molecule has 0 aromatic rings. The fraction of sp³-hybridized carbons (Fsp3) is 0.812. The van der Waals surface area contributed by atoms with Gasteiger partial charge in [-0.2, -0.15) is 4.31 Å². The predicted octanol–water partition coefficient (Wildman–Crippen LogP) is 2.87. The summed E-state index contributed by atoms with van der Waals surface area (Å²) in [5.74, 6) is -0.498. The van der Waals surface area contributed by atoms with E-state index in [9.17, 15) is 13.2 Å². The molecule has 6 heteroatoms. The Morgan fingerprint density at radius 3 is 2.00 bits per heavy atom. The van der Waals surface area contributed by atoms with Gasteiger partial charge in [-0.05, 0) is 48.0 Å². The molecule has 0 radical (unpaired) electrons. The summed E-state index contributed by atoms with van der Waals surface area (Å²) in [6, 6.07) is -1.25. The van der Waals surface area contributed by atoms with E-state index in [1.54, 1.807) is 41.5 Å². The van der Waals surface area contributed by atoms with Crippen LogP contribution in [0.2, 0.25) is 0 Å². The molecule has 0 bridgehead atoms. The van der Waals surface area contributed by atoms with Crippen molar-refractivity contribution in [1.29, 1.82) is 0 Å². The molecule has 0 aromatic heterocycles. The smallest absolute Gasteiger partial charge is 0.327 e. The SMILES string of the molecule is C=C(CCC)[C@H]1[C@H](C(=O)OC(C)(C)C)N1S(=O)(=O)C(C)(C)C. The first-order valence-corrected chi connectivity index (χ1v) is 9.11. The molecule has 5 nitrogen and oxygen atoms in total. The van der Waals surface area contributed by atoms with Crippen molar-refractivity contribution in [1.82, 2.24) is 4.31 Å². The molecule has 1 rings (SSSR count). The van der Waals surface area contributed by atoms with E-state index in [1.165, 1.54) is 4.31 Å². The van der Waals surface area contributed by atoms with Crippen LogP contribution in [-0.2, 0) is 19.6 Å². The maximum Gasteiger partial charge on any atom is 0.327 e. The molecular weight excluding hydrogens is 302 g/mol. The third kappa shape index (κ3) is 3.90. The third-order valence-corrected chi connectivity index (χ3v) is 6.00. The first-order valence-electron chi connectivity index (χ1n) is 7.67. The van der Waals surface area contributed by atoms with Crippen LogP contribution in [0.15, 0.2) is 12.2 Å². The van der Waals surface area contributed by atoms with Crippen LogP contribution in [0, 0.1) is 0 Å². The summed E-state index contributed by atoms with van der Waals surface area (Å²) in [6.45, 7) is 16.2. The lowest BCUT2D eigenvalue weighted by atomic mass is 10.1. The monoisotopic (exact) mass is 331 g/mol. The Hall–Kier alpha value is -0.880. The van der Waals surface area contributed by atoms with E-state index in [1.807, 2.05) is 6.92 Å². The van der Waals surface area contributed by atoms with Gasteiger partial charge >= 0.3 is 5.97 Å². The highest BCUT2D eigenvalue weighted by atomic mass is 32.2. The van der Waals surface area contributed by atoms with Crippen LogP contribution in [0.25, 0.3) is 0 Å². The lowest BCUT2D eigenvalue weighted by Crippen LogP contribution is -2.37. The van der Waals surface area contributed by atoms with Crippen LogP contribution in [-0.4, -0.2) is 41.1 Å². The van der Waals surface area contributed by atoms with Crippen molar-refractivity contribution >= 4 is 16.0 Å². The number of carbonyl (C=O) groups excluding carboxylic acids is 1. The molecular formula is C16H29NO4S. The average Bonchev–Trinajstić information content (AvgIpc) is 3.00. The third-order valence-electron chi connectivity index (χ3n) is 3.45. The van der Waals surface area contributed by atoms with E-state index in [4.69, 9.17) is 4.74 Å². The van der Waals surface area contributed by atoms with Crippen LogP contribution in [0.1, 0.15) is 61.3 Å². The van der Waals surface area contributed by atoms with Crippen molar-refractivity contribution in [3.05, 3.63) is 12.2 Å². The molecule has 1 heterocycles. The molecule has 1 fully saturated rings. The van der Waals surface area contributed by atoms with Crippen molar-refractivity contribution in [2.75, 3.05) is 0 Å². The zero-order valence-corrected chi connectivity index (χ0v) is 15.6. The zero-order valence-electron chi connectivity index (χ0n) is 14.8. The van der Waals surface area contributed by atoms with Gasteiger partial charge in [-0.3, -0.25) is 4.79 Å². The molecule has 1 unspecified atom stereocenters. The van der Waals surface area contributed by atoms with Crippen molar-refractivity contribution in [2.24, 2.45) is 0 Å². The Morgan fingerprint density at radius 2 is 1.64 bits per heavy atom. The van der Waals surface area contributed by atoms with Gasteiger partial charge in [-0.15, -0.1) is 0 Å². The fourth-order valence-corrected chi connectivity index (χ4v) is 3.94. The van der Waals surface area contributed by atoms with Crippen molar-refractivity contribution in [3.8, 4) is 0 Å². The van der Waals surface area contributed by atoms with E-state index in [2.05, 4.69) is 6.58 Å². The number of nitrogens with zero attached hydrogens (tertiary/aromatic N) is 1. The second kappa shape index (κ2) is 5.96. The molecule has 0 aromatic carbocycles. The summed E-state index contributed by atoms with van der Waals surface area (Å²) in [7, 11) is -3.59. The lowest BCUT2D eigenvalue weighted by molar-refractivity contribution is -0.154. The largest absolute Gasteiger partial charge is 0.459 e. The molecule has 0 spiro atoms. The summed E-state index contributed by atoms with van der Waals surface area (Å²) in [6.07, 6.45) is 1.56. The molecule has 0 aliphatic carbocycles. The number of rotatable bonds is 5. The van der Waals surface area contributed by atoms with Crippen LogP contribution in [0.4, 0.5) is 0 Å². The van der Waals surface area contributed by atoms with Crippen LogP contribution >= 0.6 is 0 Å². The molecule has 1 aliphatic rings. The number of esters is 1. The Morgan fingerprint density at radius 1 is 1.14 bits per heavy atom. The minimum Gasteiger partial charge on any atom is -0.459 e. The number of carbonyl (C=O) groups is 1. The molecule has 1 aliphatic heterocycles. The first-order chi connectivity index (χ1) is 9.74. The lowest BCUT2D eigenvalue weighted by Gasteiger charge is -2.22. The van der Waals surface area contributed by atoms with Crippen LogP contribution in [0.3, 0.4) is 0 Å². The average molecular weight is 331 g/mol. The van der Waals surface area contributed by atoms with Crippen molar-refractivity contribution in [3.63, 3.8) is 0 Å². The second-order valence-electron chi connectivity index (χ2n) is 7.78. The maximum absolute atomic E-state index is 12.7. The highest BCUT2D eigenvalue weighted by Crippen LogP contribution is 2.43. The highest BCUT2D eigenvalue weighted by molar-refractivity contribution is 7.90. The normalized spacial score (nSPS) is 25.7. The number of sulfonamides is 1. The van der Waals surface area contributed by atoms with Gasteiger partial charge < -0.3 is 4.74 Å². The number of hydrogen-bond acceptors (Lipinski definition) is 4. The van der Waals surface area contributed by atoms with Crippen LogP contribution in [0.5, 0.6) is 0 Å². The Balaban J connectivity index is 3.09. The zero-order chi connectivity index (χ0) is 17.5. The number of hydrogen-bond donors (Lipinski definition) is 0. The fourth-order valence-electron chi connectivity index (χ4n) is 2.29. The minimum atomic E-state index is -3.59. The number of ether oxygens (including phenoxy) is 1. The highest BCUT2D eigenvalue weighted by Gasteiger charge is 2.63. The second-order valence-corrected chi connectivity index (χ2v) is 10.4. The van der Waals surface area contributed by atoms with Gasteiger partial charge in [0.25, 0.3) is 0 Å². The van der Waals surface area contributed by atoms with Crippen LogP contribution < -0.4 is 0 Å². The topological polar surface area (TPSA) is 63.5 Å². The Kier molecular flexibility index (Phi) is 5.20. The maximum atomic E-state index is 12.7. The van der Waals surface area contributed by atoms with Gasteiger partial charge in [0.05, 0.1) is 10.8 Å². The van der Waals surface area contributed by atoms with Gasteiger partial charge in [0.15, 0.2) is 0 Å². The molecule has 0 N–H and O–H groups in total. The van der Waals surface area contributed by atoms with Gasteiger partial charge in [0.1, 0.15) is 11.6 Å². The quantitative estimate of drug-likeness (QED) is 0.441. The standard InChI is InChI=1S/C16H29NO4S/c1-9-10-11(2)12-13(14(18)21-15(3,4)5)17(12)22(19,20)16(6,7)8/h12-13H,2,9-10H2,1,3-8H3/t12-,13+,17?/m0/s1. The summed E-state index contributed by atoms with van der Waals surface area (Å²) < 4.78 is 31.1. The summed E-state index contributed by atoms with van der Waals surface area (Å²) in [5.41, 5.74) is 0.124. The summed E-state index contributed by atoms with van der Waals surface area (Å²) in [5, 5.41) is 0. The van der Waals surface area contributed by atoms with Gasteiger partial charge in [0, 0.05) is 0 Å². The molecule has 22 heavy (non-hydrogen) atoms. The molecule has 0 amide bonds.